The number of benzene rings is 1. The average Bonchev–Trinajstić information content (AvgIpc) is 3.21. The first-order valence-corrected chi connectivity index (χ1v) is 10.5. The SMILES string of the molecule is CN(CCCC(=O)NCCC1CCNC1)C1=NS(=O)(=O)c2ccccc21.Cl. The van der Waals surface area contributed by atoms with E-state index < -0.39 is 10.0 Å². The fraction of sp³-hybridized carbons (Fsp3) is 0.556. The molecule has 2 heterocycles. The van der Waals surface area contributed by atoms with Crippen LogP contribution in [0.2, 0.25) is 0 Å². The van der Waals surface area contributed by atoms with Crippen molar-refractivity contribution >= 4 is 34.2 Å². The average molecular weight is 415 g/mol. The van der Waals surface area contributed by atoms with E-state index in [2.05, 4.69) is 15.0 Å². The molecule has 7 nitrogen and oxygen atoms in total. The minimum Gasteiger partial charge on any atom is -0.358 e. The maximum atomic E-state index is 12.1. The molecule has 1 aromatic rings. The van der Waals surface area contributed by atoms with Gasteiger partial charge in [-0.15, -0.1) is 16.8 Å². The van der Waals surface area contributed by atoms with Crippen LogP contribution >= 0.6 is 12.4 Å². The summed E-state index contributed by atoms with van der Waals surface area (Å²) in [4.78, 5) is 14.0. The van der Waals surface area contributed by atoms with Crippen molar-refractivity contribution in [2.24, 2.45) is 10.3 Å². The zero-order valence-electron chi connectivity index (χ0n) is 15.5. The molecule has 0 aromatic heterocycles. The van der Waals surface area contributed by atoms with Crippen LogP contribution in [0.4, 0.5) is 0 Å². The molecule has 1 amide bonds. The van der Waals surface area contributed by atoms with Crippen molar-refractivity contribution < 1.29 is 13.2 Å². The largest absolute Gasteiger partial charge is 0.358 e. The molecule has 2 aliphatic heterocycles. The quantitative estimate of drug-likeness (QED) is 0.703. The minimum absolute atomic E-state index is 0. The Kier molecular flexibility index (Phi) is 7.64. The van der Waals surface area contributed by atoms with E-state index in [9.17, 15) is 13.2 Å². The first-order valence-electron chi connectivity index (χ1n) is 9.10. The summed E-state index contributed by atoms with van der Waals surface area (Å²) in [6.07, 6.45) is 3.28. The van der Waals surface area contributed by atoms with Crippen molar-refractivity contribution in [3.05, 3.63) is 29.8 Å². The van der Waals surface area contributed by atoms with E-state index in [1.165, 1.54) is 6.42 Å². The van der Waals surface area contributed by atoms with E-state index >= 15 is 0 Å². The van der Waals surface area contributed by atoms with Crippen molar-refractivity contribution in [3.8, 4) is 0 Å². The van der Waals surface area contributed by atoms with Gasteiger partial charge >= 0.3 is 0 Å². The smallest absolute Gasteiger partial charge is 0.285 e. The summed E-state index contributed by atoms with van der Waals surface area (Å²) in [7, 11) is -1.79. The Morgan fingerprint density at radius 1 is 1.37 bits per heavy atom. The normalized spacial score (nSPS) is 19.7. The number of hydrogen-bond donors (Lipinski definition) is 2. The third-order valence-corrected chi connectivity index (χ3v) is 6.23. The number of amides is 1. The lowest BCUT2D eigenvalue weighted by Gasteiger charge is -2.18. The van der Waals surface area contributed by atoms with Crippen LogP contribution in [0.3, 0.4) is 0 Å². The predicted molar refractivity (Wildman–Crippen MR) is 108 cm³/mol. The number of nitrogens with zero attached hydrogens (tertiary/aromatic N) is 2. The molecule has 0 aliphatic carbocycles. The van der Waals surface area contributed by atoms with Crippen molar-refractivity contribution in [3.63, 3.8) is 0 Å². The van der Waals surface area contributed by atoms with Crippen LogP contribution in [0.5, 0.6) is 0 Å². The first kappa shape index (κ1) is 21.7. The van der Waals surface area contributed by atoms with Gasteiger partial charge in [-0.25, -0.2) is 0 Å². The topological polar surface area (TPSA) is 90.9 Å². The second-order valence-electron chi connectivity index (χ2n) is 6.91. The van der Waals surface area contributed by atoms with Crippen LogP contribution in [0.25, 0.3) is 0 Å². The maximum absolute atomic E-state index is 12.1. The third kappa shape index (κ3) is 5.43. The number of carbonyl (C=O) groups excluding carboxylic acids is 1. The van der Waals surface area contributed by atoms with E-state index in [4.69, 9.17) is 0 Å². The summed E-state index contributed by atoms with van der Waals surface area (Å²) < 4.78 is 28.1. The Labute approximate surface area is 167 Å². The summed E-state index contributed by atoms with van der Waals surface area (Å²) in [6.45, 7) is 3.42. The Balaban J connectivity index is 0.00000261. The van der Waals surface area contributed by atoms with Gasteiger partial charge in [0.25, 0.3) is 10.0 Å². The summed E-state index contributed by atoms with van der Waals surface area (Å²) in [5.41, 5.74) is 0.629. The maximum Gasteiger partial charge on any atom is 0.285 e. The lowest BCUT2D eigenvalue weighted by molar-refractivity contribution is -0.121. The standard InChI is InChI=1S/C18H26N4O3S.ClH/c1-22(18-15-5-2-3-6-16(15)26(24,25)21-18)12-4-7-17(23)20-11-9-14-8-10-19-13-14;/h2-3,5-6,14,19H,4,7-13H2,1H3,(H,20,23);1H. The van der Waals surface area contributed by atoms with E-state index in [1.54, 1.807) is 36.2 Å². The van der Waals surface area contributed by atoms with Gasteiger partial charge in [-0.3, -0.25) is 4.79 Å². The zero-order valence-corrected chi connectivity index (χ0v) is 17.1. The van der Waals surface area contributed by atoms with Crippen LogP contribution in [0.15, 0.2) is 33.6 Å². The van der Waals surface area contributed by atoms with Crippen molar-refractivity contribution in [1.82, 2.24) is 15.5 Å². The molecular weight excluding hydrogens is 388 g/mol. The first-order chi connectivity index (χ1) is 12.5. The molecule has 1 unspecified atom stereocenters. The number of hydrogen-bond acceptors (Lipinski definition) is 5. The Bertz CT molecular complexity index is 792. The van der Waals surface area contributed by atoms with Crippen LogP contribution in [0, 0.1) is 5.92 Å². The Morgan fingerprint density at radius 2 is 2.15 bits per heavy atom. The van der Waals surface area contributed by atoms with Gasteiger partial charge in [-0.05, 0) is 50.4 Å². The van der Waals surface area contributed by atoms with Gasteiger partial charge < -0.3 is 15.5 Å². The molecule has 2 aliphatic rings. The van der Waals surface area contributed by atoms with Crippen molar-refractivity contribution in [2.75, 3.05) is 33.2 Å². The van der Waals surface area contributed by atoms with E-state index in [1.807, 2.05) is 0 Å². The van der Waals surface area contributed by atoms with E-state index in [0.717, 1.165) is 26.1 Å². The van der Waals surface area contributed by atoms with Crippen molar-refractivity contribution in [2.45, 2.75) is 30.6 Å². The lowest BCUT2D eigenvalue weighted by atomic mass is 10.1. The summed E-state index contributed by atoms with van der Waals surface area (Å²) in [5, 5.41) is 6.29. The molecule has 2 N–H and O–H groups in total. The molecule has 9 heteroatoms. The summed E-state index contributed by atoms with van der Waals surface area (Å²) >= 11 is 0. The molecule has 27 heavy (non-hydrogen) atoms. The van der Waals surface area contributed by atoms with Crippen LogP contribution in [-0.4, -0.2) is 58.3 Å². The molecule has 1 aromatic carbocycles. The van der Waals surface area contributed by atoms with Gasteiger partial charge in [0, 0.05) is 32.1 Å². The summed E-state index contributed by atoms with van der Waals surface area (Å²) in [5.74, 6) is 1.17. The third-order valence-electron chi connectivity index (χ3n) is 4.91. The molecular formula is C18H27ClN4O3S. The summed E-state index contributed by atoms with van der Waals surface area (Å²) in [6, 6.07) is 6.83. The van der Waals surface area contributed by atoms with Gasteiger partial charge in [0.15, 0.2) is 0 Å². The highest BCUT2D eigenvalue weighted by Gasteiger charge is 2.30. The molecule has 1 atom stereocenters. The molecule has 1 fully saturated rings. The molecule has 0 spiro atoms. The van der Waals surface area contributed by atoms with Gasteiger partial charge in [-0.2, -0.15) is 8.42 Å². The minimum atomic E-state index is -3.60. The van der Waals surface area contributed by atoms with Gasteiger partial charge in [0.05, 0.1) is 0 Å². The number of halogens is 1. The number of carbonyl (C=O) groups is 1. The molecule has 0 bridgehead atoms. The fourth-order valence-electron chi connectivity index (χ4n) is 3.41. The highest BCUT2D eigenvalue weighted by atomic mass is 35.5. The van der Waals surface area contributed by atoms with E-state index in [-0.39, 0.29) is 23.2 Å². The predicted octanol–water partition coefficient (Wildman–Crippen LogP) is 1.39. The van der Waals surface area contributed by atoms with Crippen molar-refractivity contribution in [1.29, 1.82) is 0 Å². The van der Waals surface area contributed by atoms with Gasteiger partial charge in [0.2, 0.25) is 5.91 Å². The molecule has 0 saturated carbocycles. The number of sulfonamides is 1. The van der Waals surface area contributed by atoms with Gasteiger partial charge in [0.1, 0.15) is 10.7 Å². The zero-order chi connectivity index (χ0) is 18.6. The Hall–Kier alpha value is -1.64. The van der Waals surface area contributed by atoms with Crippen LogP contribution < -0.4 is 10.6 Å². The van der Waals surface area contributed by atoms with E-state index in [0.29, 0.717) is 36.7 Å². The number of nitrogens with one attached hydrogen (secondary N) is 2. The highest BCUT2D eigenvalue weighted by Crippen LogP contribution is 2.26. The molecule has 3 rings (SSSR count). The number of fused-ring (bicyclic) bond motifs is 1. The number of rotatable bonds is 7. The monoisotopic (exact) mass is 414 g/mol. The fourth-order valence-corrected chi connectivity index (χ4v) is 4.66. The number of amidine groups is 1. The molecule has 0 radical (unpaired) electrons. The van der Waals surface area contributed by atoms with Crippen LogP contribution in [0.1, 0.15) is 31.2 Å². The molecule has 150 valence electrons. The second-order valence-corrected chi connectivity index (χ2v) is 8.48. The Morgan fingerprint density at radius 3 is 2.89 bits per heavy atom. The second kappa shape index (κ2) is 9.52. The molecule has 1 saturated heterocycles. The van der Waals surface area contributed by atoms with Gasteiger partial charge in [-0.1, -0.05) is 12.1 Å². The highest BCUT2D eigenvalue weighted by molar-refractivity contribution is 7.90. The lowest BCUT2D eigenvalue weighted by Crippen LogP contribution is -2.30. The van der Waals surface area contributed by atoms with Crippen LogP contribution in [-0.2, 0) is 14.8 Å².